The van der Waals surface area contributed by atoms with E-state index in [4.69, 9.17) is 13.9 Å². The van der Waals surface area contributed by atoms with Crippen LogP contribution in [0.3, 0.4) is 0 Å². The molecule has 1 aliphatic heterocycles. The Morgan fingerprint density at radius 3 is 2.59 bits per heavy atom. The zero-order valence-electron chi connectivity index (χ0n) is 15.9. The van der Waals surface area contributed by atoms with Gasteiger partial charge >= 0.3 is 5.63 Å². The Morgan fingerprint density at radius 2 is 1.85 bits per heavy atom. The predicted molar refractivity (Wildman–Crippen MR) is 105 cm³/mol. The van der Waals surface area contributed by atoms with Gasteiger partial charge in [0.1, 0.15) is 23.8 Å². The summed E-state index contributed by atoms with van der Waals surface area (Å²) < 4.78 is 16.8. The van der Waals surface area contributed by atoms with E-state index in [0.29, 0.717) is 24.4 Å². The third-order valence-corrected chi connectivity index (χ3v) is 5.35. The highest BCUT2D eigenvalue weighted by molar-refractivity contribution is 5.85. The van der Waals surface area contributed by atoms with Crippen molar-refractivity contribution in [3.63, 3.8) is 0 Å². The van der Waals surface area contributed by atoms with E-state index in [1.807, 2.05) is 31.2 Å². The van der Waals surface area contributed by atoms with Crippen LogP contribution in [0.5, 0.6) is 11.5 Å². The van der Waals surface area contributed by atoms with Gasteiger partial charge < -0.3 is 13.9 Å². The van der Waals surface area contributed by atoms with Crippen LogP contribution in [0.1, 0.15) is 22.3 Å². The summed E-state index contributed by atoms with van der Waals surface area (Å²) >= 11 is 0. The zero-order valence-corrected chi connectivity index (χ0v) is 15.9. The van der Waals surface area contributed by atoms with Gasteiger partial charge in [0.05, 0.1) is 12.7 Å². The van der Waals surface area contributed by atoms with E-state index < -0.39 is 0 Å². The number of aryl methyl sites for hydroxylation is 1. The SMILES string of the molecule is COc1ccc(CCN2COc3ccc4c(C)c(C)c(=O)oc4c3C2)cc1. The minimum atomic E-state index is -0.274. The molecule has 4 rings (SSSR count). The van der Waals surface area contributed by atoms with E-state index in [2.05, 4.69) is 17.0 Å². The Labute approximate surface area is 158 Å². The van der Waals surface area contributed by atoms with Crippen LogP contribution >= 0.6 is 0 Å². The minimum absolute atomic E-state index is 0.274. The first-order chi connectivity index (χ1) is 13.1. The molecule has 0 atom stereocenters. The molecule has 5 heteroatoms. The van der Waals surface area contributed by atoms with Crippen molar-refractivity contribution >= 4 is 11.0 Å². The van der Waals surface area contributed by atoms with Gasteiger partial charge in [-0.3, -0.25) is 4.90 Å². The van der Waals surface area contributed by atoms with Crippen LogP contribution in [-0.4, -0.2) is 25.3 Å². The minimum Gasteiger partial charge on any atom is -0.497 e. The molecule has 0 saturated carbocycles. The molecule has 0 radical (unpaired) electrons. The van der Waals surface area contributed by atoms with Crippen molar-refractivity contribution < 1.29 is 13.9 Å². The quantitative estimate of drug-likeness (QED) is 0.658. The molecule has 0 amide bonds. The number of benzene rings is 2. The number of ether oxygens (including phenoxy) is 2. The van der Waals surface area contributed by atoms with Crippen LogP contribution in [0.4, 0.5) is 0 Å². The van der Waals surface area contributed by atoms with Gasteiger partial charge in [-0.05, 0) is 55.7 Å². The Balaban J connectivity index is 1.57. The molecule has 2 aromatic carbocycles. The summed E-state index contributed by atoms with van der Waals surface area (Å²) in [6.07, 6.45) is 0.912. The van der Waals surface area contributed by atoms with Crippen molar-refractivity contribution in [3.05, 3.63) is 69.1 Å². The van der Waals surface area contributed by atoms with Gasteiger partial charge in [-0.1, -0.05) is 12.1 Å². The van der Waals surface area contributed by atoms with Crippen molar-refractivity contribution in [1.82, 2.24) is 4.90 Å². The maximum atomic E-state index is 12.2. The highest BCUT2D eigenvalue weighted by atomic mass is 16.5. The molecule has 2 heterocycles. The number of rotatable bonds is 4. The maximum absolute atomic E-state index is 12.2. The van der Waals surface area contributed by atoms with E-state index in [0.717, 1.165) is 41.0 Å². The molecule has 0 N–H and O–H groups in total. The lowest BCUT2D eigenvalue weighted by Gasteiger charge is -2.29. The third kappa shape index (κ3) is 3.30. The van der Waals surface area contributed by atoms with Gasteiger partial charge in [-0.25, -0.2) is 4.79 Å². The fraction of sp³-hybridized carbons (Fsp3) is 0.318. The molecule has 0 spiro atoms. The second-order valence-electron chi connectivity index (χ2n) is 6.98. The van der Waals surface area contributed by atoms with Crippen LogP contribution in [0.25, 0.3) is 11.0 Å². The van der Waals surface area contributed by atoms with E-state index in [1.165, 1.54) is 5.56 Å². The van der Waals surface area contributed by atoms with E-state index >= 15 is 0 Å². The fourth-order valence-electron chi connectivity index (χ4n) is 3.48. The highest BCUT2D eigenvalue weighted by Crippen LogP contribution is 2.33. The number of hydrogen-bond acceptors (Lipinski definition) is 5. The summed E-state index contributed by atoms with van der Waals surface area (Å²) in [6, 6.07) is 12.1. The summed E-state index contributed by atoms with van der Waals surface area (Å²) in [5.41, 5.74) is 4.21. The molecular weight excluding hydrogens is 342 g/mol. The normalized spacial score (nSPS) is 14.0. The lowest BCUT2D eigenvalue weighted by molar-refractivity contribution is 0.0967. The highest BCUT2D eigenvalue weighted by Gasteiger charge is 2.22. The van der Waals surface area contributed by atoms with Gasteiger partial charge in [0, 0.05) is 24.0 Å². The lowest BCUT2D eigenvalue weighted by atomic mass is 10.0. The van der Waals surface area contributed by atoms with Crippen molar-refractivity contribution in [1.29, 1.82) is 0 Å². The number of methoxy groups -OCH3 is 1. The molecule has 0 unspecified atom stereocenters. The Morgan fingerprint density at radius 1 is 1.07 bits per heavy atom. The molecule has 1 aromatic heterocycles. The van der Waals surface area contributed by atoms with Crippen molar-refractivity contribution in [2.45, 2.75) is 26.8 Å². The zero-order chi connectivity index (χ0) is 19.0. The van der Waals surface area contributed by atoms with Gasteiger partial charge in [0.15, 0.2) is 0 Å². The van der Waals surface area contributed by atoms with Crippen LogP contribution in [0.15, 0.2) is 45.6 Å². The molecule has 0 aliphatic carbocycles. The second-order valence-corrected chi connectivity index (χ2v) is 6.98. The molecule has 0 bridgehead atoms. The fourth-order valence-corrected chi connectivity index (χ4v) is 3.48. The summed E-state index contributed by atoms with van der Waals surface area (Å²) in [7, 11) is 1.67. The van der Waals surface area contributed by atoms with Gasteiger partial charge in [0.25, 0.3) is 0 Å². The molecule has 5 nitrogen and oxygen atoms in total. The van der Waals surface area contributed by atoms with Crippen molar-refractivity contribution in [2.75, 3.05) is 20.4 Å². The smallest absolute Gasteiger partial charge is 0.339 e. The number of hydrogen-bond donors (Lipinski definition) is 0. The molecule has 0 fully saturated rings. The van der Waals surface area contributed by atoms with E-state index in [1.54, 1.807) is 14.0 Å². The average Bonchev–Trinajstić information content (AvgIpc) is 2.70. The summed E-state index contributed by atoms with van der Waals surface area (Å²) in [6.45, 7) is 5.86. The molecule has 3 aromatic rings. The van der Waals surface area contributed by atoms with Crippen LogP contribution in [0.2, 0.25) is 0 Å². The Hall–Kier alpha value is -2.79. The number of nitrogens with zero attached hydrogens (tertiary/aromatic N) is 1. The summed E-state index contributed by atoms with van der Waals surface area (Å²) in [5, 5.41) is 0.978. The van der Waals surface area contributed by atoms with Crippen molar-refractivity contribution in [3.8, 4) is 11.5 Å². The monoisotopic (exact) mass is 365 g/mol. The summed E-state index contributed by atoms with van der Waals surface area (Å²) in [5.74, 6) is 1.66. The third-order valence-electron chi connectivity index (χ3n) is 5.35. The van der Waals surface area contributed by atoms with E-state index in [9.17, 15) is 4.79 Å². The molecular formula is C22H23NO4. The topological polar surface area (TPSA) is 51.9 Å². The first kappa shape index (κ1) is 17.6. The largest absolute Gasteiger partial charge is 0.497 e. The van der Waals surface area contributed by atoms with E-state index in [-0.39, 0.29) is 5.63 Å². The van der Waals surface area contributed by atoms with Crippen molar-refractivity contribution in [2.24, 2.45) is 0 Å². The molecule has 1 aliphatic rings. The van der Waals surface area contributed by atoms with Crippen LogP contribution in [0, 0.1) is 13.8 Å². The maximum Gasteiger partial charge on any atom is 0.339 e. The lowest BCUT2D eigenvalue weighted by Crippen LogP contribution is -2.33. The Bertz CT molecular complexity index is 1040. The first-order valence-corrected chi connectivity index (χ1v) is 9.11. The predicted octanol–water partition coefficient (Wildman–Crippen LogP) is 3.81. The molecule has 0 saturated heterocycles. The van der Waals surface area contributed by atoms with Gasteiger partial charge in [-0.15, -0.1) is 0 Å². The summed E-state index contributed by atoms with van der Waals surface area (Å²) in [4.78, 5) is 14.4. The average molecular weight is 365 g/mol. The van der Waals surface area contributed by atoms with Crippen LogP contribution < -0.4 is 15.1 Å². The molecule has 27 heavy (non-hydrogen) atoms. The van der Waals surface area contributed by atoms with Gasteiger partial charge in [0.2, 0.25) is 0 Å². The molecule has 140 valence electrons. The first-order valence-electron chi connectivity index (χ1n) is 9.11. The second kappa shape index (κ2) is 7.08. The standard InChI is InChI=1S/C22H23NO4/c1-14-15(2)22(24)27-21-18(14)8-9-20-19(21)12-23(13-26-20)11-10-16-4-6-17(25-3)7-5-16/h4-9H,10-13H2,1-3H3. The Kier molecular flexibility index (Phi) is 4.62. The van der Waals surface area contributed by atoms with Gasteiger partial charge in [-0.2, -0.15) is 0 Å². The van der Waals surface area contributed by atoms with Crippen LogP contribution in [-0.2, 0) is 13.0 Å². The number of fused-ring (bicyclic) bond motifs is 3.